The minimum Gasteiger partial charge on any atom is -0.746 e. The van der Waals surface area contributed by atoms with Gasteiger partial charge in [0.05, 0.1) is 0 Å². The van der Waals surface area contributed by atoms with E-state index in [4.69, 9.17) is 0 Å². The molecule has 1 N–H and O–H groups in total. The van der Waals surface area contributed by atoms with Gasteiger partial charge in [0.2, 0.25) is 0 Å². The van der Waals surface area contributed by atoms with Crippen LogP contribution in [0, 0.1) is 0 Å². The predicted octanol–water partition coefficient (Wildman–Crippen LogP) is -2.47. The van der Waals surface area contributed by atoms with Crippen LogP contribution in [0.1, 0.15) is 10.9 Å². The second kappa shape index (κ2) is 6.92. The second-order valence-corrected chi connectivity index (χ2v) is 4.86. The van der Waals surface area contributed by atoms with Gasteiger partial charge in [-0.2, -0.15) is 0 Å². The molecule has 0 aliphatic carbocycles. The molecular formula is C10H9N4NaO3S. The summed E-state index contributed by atoms with van der Waals surface area (Å²) in [7, 11) is -4.60. The Morgan fingerprint density at radius 3 is 2.42 bits per heavy atom. The van der Waals surface area contributed by atoms with Gasteiger partial charge in [0.25, 0.3) is 0 Å². The molecule has 0 aromatic carbocycles. The van der Waals surface area contributed by atoms with Crippen molar-refractivity contribution in [1.29, 1.82) is 0 Å². The minimum absolute atomic E-state index is 0. The standard InChI is InChI=1S/C10H10N4O3S.Na/c15-18(16,17)10(8-5-11-7-12-6-8)14-9-3-1-2-4-13-9;/h1-7,10H,(H,13,14)(H,15,16,17);/q;+1/p-1. The summed E-state index contributed by atoms with van der Waals surface area (Å²) in [6, 6.07) is 4.91. The molecule has 0 aliphatic rings. The number of nitrogens with zero attached hydrogens (tertiary/aromatic N) is 3. The number of aromatic nitrogens is 3. The zero-order chi connectivity index (χ0) is 13.0. The van der Waals surface area contributed by atoms with Crippen molar-refractivity contribution in [3.8, 4) is 0 Å². The molecule has 0 amide bonds. The van der Waals surface area contributed by atoms with E-state index in [1.165, 1.54) is 24.9 Å². The third kappa shape index (κ3) is 4.51. The van der Waals surface area contributed by atoms with E-state index in [1.54, 1.807) is 18.2 Å². The smallest absolute Gasteiger partial charge is 0.746 e. The van der Waals surface area contributed by atoms with Crippen molar-refractivity contribution in [1.82, 2.24) is 15.0 Å². The summed E-state index contributed by atoms with van der Waals surface area (Å²) >= 11 is 0. The maximum atomic E-state index is 11.2. The molecule has 7 nitrogen and oxygen atoms in total. The van der Waals surface area contributed by atoms with Gasteiger partial charge in [0.1, 0.15) is 27.6 Å². The second-order valence-electron chi connectivity index (χ2n) is 3.40. The molecular weight excluding hydrogens is 279 g/mol. The number of pyridine rings is 1. The average molecular weight is 288 g/mol. The molecule has 2 aromatic heterocycles. The summed E-state index contributed by atoms with van der Waals surface area (Å²) in [6.45, 7) is 0. The SMILES string of the molecule is O=S(=O)([O-])C(Nc1ccccn1)c1cncnc1.[Na+]. The number of hydrogen-bond donors (Lipinski definition) is 1. The summed E-state index contributed by atoms with van der Waals surface area (Å²) < 4.78 is 33.7. The summed E-state index contributed by atoms with van der Waals surface area (Å²) in [5.41, 5.74) is 0.165. The topological polar surface area (TPSA) is 108 Å². The molecule has 0 radical (unpaired) electrons. The van der Waals surface area contributed by atoms with Gasteiger partial charge in [-0.25, -0.2) is 23.4 Å². The minimum atomic E-state index is -4.60. The first kappa shape index (κ1) is 16.0. The van der Waals surface area contributed by atoms with Crippen molar-refractivity contribution in [2.45, 2.75) is 5.37 Å². The summed E-state index contributed by atoms with van der Waals surface area (Å²) in [4.78, 5) is 11.3. The van der Waals surface area contributed by atoms with E-state index in [0.717, 1.165) is 0 Å². The van der Waals surface area contributed by atoms with E-state index in [2.05, 4.69) is 20.3 Å². The molecule has 2 heterocycles. The molecule has 94 valence electrons. The Balaban J connectivity index is 0.00000180. The van der Waals surface area contributed by atoms with E-state index >= 15 is 0 Å². The number of nitrogens with one attached hydrogen (secondary N) is 1. The van der Waals surface area contributed by atoms with Crippen LogP contribution in [0.2, 0.25) is 0 Å². The number of hydrogen-bond acceptors (Lipinski definition) is 7. The third-order valence-electron chi connectivity index (χ3n) is 2.12. The van der Waals surface area contributed by atoms with Crippen molar-refractivity contribution in [3.05, 3.63) is 48.7 Å². The van der Waals surface area contributed by atoms with Gasteiger partial charge in [-0.1, -0.05) is 6.07 Å². The van der Waals surface area contributed by atoms with Gasteiger partial charge in [-0.15, -0.1) is 0 Å². The molecule has 0 fully saturated rings. The fourth-order valence-corrected chi connectivity index (χ4v) is 2.07. The van der Waals surface area contributed by atoms with Crippen molar-refractivity contribution >= 4 is 15.9 Å². The van der Waals surface area contributed by atoms with Crippen molar-refractivity contribution in [3.63, 3.8) is 0 Å². The zero-order valence-electron chi connectivity index (χ0n) is 10.1. The summed E-state index contributed by atoms with van der Waals surface area (Å²) in [5, 5.41) is 1.08. The first-order valence-electron chi connectivity index (χ1n) is 4.94. The molecule has 19 heavy (non-hydrogen) atoms. The molecule has 2 aromatic rings. The zero-order valence-corrected chi connectivity index (χ0v) is 12.9. The quantitative estimate of drug-likeness (QED) is 0.490. The van der Waals surface area contributed by atoms with Crippen LogP contribution in [0.3, 0.4) is 0 Å². The van der Waals surface area contributed by atoms with E-state index in [1.807, 2.05) is 0 Å². The van der Waals surface area contributed by atoms with Gasteiger partial charge in [0.15, 0.2) is 0 Å². The largest absolute Gasteiger partial charge is 1.00 e. The average Bonchev–Trinajstić information content (AvgIpc) is 2.37. The maximum absolute atomic E-state index is 11.2. The van der Waals surface area contributed by atoms with Gasteiger partial charge in [0, 0.05) is 24.2 Å². The molecule has 1 unspecified atom stereocenters. The van der Waals surface area contributed by atoms with Gasteiger partial charge < -0.3 is 9.87 Å². The number of anilines is 1. The molecule has 1 atom stereocenters. The molecule has 0 saturated carbocycles. The van der Waals surface area contributed by atoms with Crippen LogP contribution in [0.25, 0.3) is 0 Å². The molecule has 9 heteroatoms. The van der Waals surface area contributed by atoms with Gasteiger partial charge >= 0.3 is 29.6 Å². The Morgan fingerprint density at radius 1 is 1.21 bits per heavy atom. The molecule has 0 saturated heterocycles. The van der Waals surface area contributed by atoms with Crippen LogP contribution in [0.15, 0.2) is 43.1 Å². The number of rotatable bonds is 4. The Bertz CT molecular complexity index is 609. The molecule has 0 spiro atoms. The summed E-state index contributed by atoms with van der Waals surface area (Å²) in [5.74, 6) is 0.283. The monoisotopic (exact) mass is 288 g/mol. The Hall–Kier alpha value is -1.06. The molecule has 0 aliphatic heterocycles. The van der Waals surface area contributed by atoms with E-state index in [9.17, 15) is 13.0 Å². The van der Waals surface area contributed by atoms with Crippen LogP contribution in [0.5, 0.6) is 0 Å². The Labute approximate surface area is 132 Å². The molecule has 2 rings (SSSR count). The van der Waals surface area contributed by atoms with Crippen LogP contribution in [0.4, 0.5) is 5.82 Å². The molecule has 0 bridgehead atoms. The van der Waals surface area contributed by atoms with Crippen molar-refractivity contribution < 1.29 is 42.5 Å². The Kier molecular flexibility index (Phi) is 5.83. The van der Waals surface area contributed by atoms with Crippen LogP contribution in [-0.2, 0) is 10.1 Å². The predicted molar refractivity (Wildman–Crippen MR) is 62.3 cm³/mol. The van der Waals surface area contributed by atoms with Crippen LogP contribution in [-0.4, -0.2) is 27.9 Å². The fourth-order valence-electron chi connectivity index (χ4n) is 1.35. The van der Waals surface area contributed by atoms with E-state index in [0.29, 0.717) is 0 Å². The van der Waals surface area contributed by atoms with Crippen molar-refractivity contribution in [2.24, 2.45) is 0 Å². The Morgan fingerprint density at radius 2 is 1.89 bits per heavy atom. The third-order valence-corrected chi connectivity index (χ3v) is 3.08. The van der Waals surface area contributed by atoms with E-state index in [-0.39, 0.29) is 40.9 Å². The first-order valence-corrected chi connectivity index (χ1v) is 6.42. The van der Waals surface area contributed by atoms with Crippen molar-refractivity contribution in [2.75, 3.05) is 5.32 Å². The maximum Gasteiger partial charge on any atom is 1.00 e. The normalized spacial score (nSPS) is 12.3. The van der Waals surface area contributed by atoms with Gasteiger partial charge in [-0.05, 0) is 12.1 Å². The first-order chi connectivity index (χ1) is 8.57. The van der Waals surface area contributed by atoms with E-state index < -0.39 is 15.5 Å². The van der Waals surface area contributed by atoms with Gasteiger partial charge in [-0.3, -0.25) is 0 Å². The van der Waals surface area contributed by atoms with Crippen LogP contribution >= 0.6 is 0 Å². The van der Waals surface area contributed by atoms with Crippen LogP contribution < -0.4 is 34.9 Å². The fraction of sp³-hybridized carbons (Fsp3) is 0.100. The summed E-state index contributed by atoms with van der Waals surface area (Å²) in [6.07, 6.45) is 5.27.